The number of nitrogens with zero attached hydrogens (tertiary/aromatic N) is 2. The molecular weight excluding hydrogens is 860 g/mol. The van der Waals surface area contributed by atoms with Crippen LogP contribution in [0.1, 0.15) is 198 Å². The highest BCUT2D eigenvalue weighted by Gasteiger charge is 2.49. The van der Waals surface area contributed by atoms with Crippen molar-refractivity contribution in [3.05, 3.63) is 134 Å². The van der Waals surface area contributed by atoms with Gasteiger partial charge < -0.3 is 14.2 Å². The van der Waals surface area contributed by atoms with Crippen molar-refractivity contribution in [1.82, 2.24) is 0 Å². The Hall–Kier alpha value is -5.22. The predicted molar refractivity (Wildman–Crippen MR) is 307 cm³/mol. The third-order valence-corrected chi connectivity index (χ3v) is 19.5. The van der Waals surface area contributed by atoms with Gasteiger partial charge in [-0.25, -0.2) is 0 Å². The molecule has 0 spiro atoms. The smallest absolute Gasteiger partial charge is 0.252 e. The maximum absolute atomic E-state index is 7.57. The van der Waals surface area contributed by atoms with E-state index in [0.717, 1.165) is 17.6 Å². The second-order valence-corrected chi connectivity index (χ2v) is 28.4. The second kappa shape index (κ2) is 14.5. The van der Waals surface area contributed by atoms with Gasteiger partial charge in [-0.3, -0.25) is 0 Å². The number of hydrogen-bond donors (Lipinski definition) is 0. The first-order valence-electron chi connectivity index (χ1n) is 27.3. The van der Waals surface area contributed by atoms with Crippen molar-refractivity contribution in [2.24, 2.45) is 0 Å². The first-order chi connectivity index (χ1) is 33.0. The summed E-state index contributed by atoms with van der Waals surface area (Å²) >= 11 is 0. The largest absolute Gasteiger partial charge is 0.454 e. The Morgan fingerprint density at radius 1 is 0.437 bits per heavy atom. The van der Waals surface area contributed by atoms with E-state index in [1.807, 2.05) is 0 Å². The van der Waals surface area contributed by atoms with Gasteiger partial charge >= 0.3 is 0 Å². The third-order valence-electron chi connectivity index (χ3n) is 19.5. The summed E-state index contributed by atoms with van der Waals surface area (Å²) in [5.74, 6) is 0. The SMILES string of the molecule is Cc1cc2c3c(c1)N(c1cc4c(cc1C)C(C)(C)CCC4(C)C)c1c(ccc4c1oc1cc5c(cc14)C(C)(C)CCC5(C)C)B3c1cc3c(cc1N2c1ccc(C(C)(C)C)cc1C)C(C)(C)CCC3(C)C. The summed E-state index contributed by atoms with van der Waals surface area (Å²) in [6, 6.07) is 32.7. The van der Waals surface area contributed by atoms with E-state index in [0.29, 0.717) is 0 Å². The summed E-state index contributed by atoms with van der Waals surface area (Å²) in [5.41, 5.74) is 28.2. The summed E-state index contributed by atoms with van der Waals surface area (Å²) in [4.78, 5) is 5.37. The maximum Gasteiger partial charge on any atom is 0.252 e. The average molecular weight is 939 g/mol. The molecule has 3 nitrogen and oxygen atoms in total. The minimum atomic E-state index is -0.0182. The lowest BCUT2D eigenvalue weighted by Gasteiger charge is -2.48. The fourth-order valence-corrected chi connectivity index (χ4v) is 14.4. The van der Waals surface area contributed by atoms with Crippen molar-refractivity contribution < 1.29 is 4.42 Å². The van der Waals surface area contributed by atoms with Crippen LogP contribution in [0.4, 0.5) is 34.1 Å². The van der Waals surface area contributed by atoms with Crippen molar-refractivity contribution in [2.45, 2.75) is 201 Å². The van der Waals surface area contributed by atoms with Crippen LogP contribution in [0.5, 0.6) is 0 Å². The van der Waals surface area contributed by atoms with Crippen LogP contribution in [0, 0.1) is 20.8 Å². The van der Waals surface area contributed by atoms with E-state index in [4.69, 9.17) is 4.42 Å². The molecule has 0 N–H and O–H groups in total. The van der Waals surface area contributed by atoms with Crippen LogP contribution in [-0.4, -0.2) is 6.71 Å². The molecule has 0 amide bonds. The highest BCUT2D eigenvalue weighted by molar-refractivity contribution is 7.00. The van der Waals surface area contributed by atoms with E-state index in [9.17, 15) is 0 Å². The van der Waals surface area contributed by atoms with Crippen LogP contribution in [0.3, 0.4) is 0 Å². The monoisotopic (exact) mass is 939 g/mol. The molecule has 0 bridgehead atoms. The van der Waals surface area contributed by atoms with Gasteiger partial charge in [-0.05, 0) is 212 Å². The first-order valence-corrected chi connectivity index (χ1v) is 27.3. The Labute approximate surface area is 426 Å². The van der Waals surface area contributed by atoms with Gasteiger partial charge in [-0.1, -0.05) is 140 Å². The molecule has 4 heteroatoms. The molecule has 366 valence electrons. The lowest BCUT2D eigenvalue weighted by Crippen LogP contribution is -2.62. The molecule has 0 atom stereocenters. The zero-order valence-corrected chi connectivity index (χ0v) is 46.6. The molecule has 12 rings (SSSR count). The van der Waals surface area contributed by atoms with Crippen molar-refractivity contribution in [1.29, 1.82) is 0 Å². The predicted octanol–water partition coefficient (Wildman–Crippen LogP) is 16.9. The zero-order chi connectivity index (χ0) is 50.7. The second-order valence-electron chi connectivity index (χ2n) is 28.4. The van der Waals surface area contributed by atoms with Crippen molar-refractivity contribution in [2.75, 3.05) is 9.80 Å². The fourth-order valence-electron chi connectivity index (χ4n) is 14.4. The number of rotatable bonds is 2. The number of hydrogen-bond acceptors (Lipinski definition) is 3. The molecule has 1 aromatic heterocycles. The van der Waals surface area contributed by atoms with Gasteiger partial charge in [-0.15, -0.1) is 0 Å². The van der Waals surface area contributed by atoms with E-state index in [2.05, 4.69) is 213 Å². The average Bonchev–Trinajstić information content (AvgIpc) is 3.66. The van der Waals surface area contributed by atoms with Crippen molar-refractivity contribution in [3.8, 4) is 0 Å². The molecule has 3 heterocycles. The van der Waals surface area contributed by atoms with E-state index in [-0.39, 0.29) is 44.6 Å². The highest BCUT2D eigenvalue weighted by atomic mass is 16.3. The number of aryl methyl sites for hydroxylation is 3. The highest BCUT2D eigenvalue weighted by Crippen LogP contribution is 2.55. The topological polar surface area (TPSA) is 19.6 Å². The Balaban J connectivity index is 1.23. The van der Waals surface area contributed by atoms with Crippen LogP contribution in [0.15, 0.2) is 83.3 Å². The number of anilines is 6. The molecule has 5 aliphatic rings. The molecule has 71 heavy (non-hydrogen) atoms. The van der Waals surface area contributed by atoms with Crippen LogP contribution in [0.25, 0.3) is 21.9 Å². The lowest BCUT2D eigenvalue weighted by atomic mass is 9.33. The summed E-state index contributed by atoms with van der Waals surface area (Å²) in [5, 5.41) is 2.44. The maximum atomic E-state index is 7.57. The molecular formula is C67H79BN2O. The molecule has 7 aromatic rings. The van der Waals surface area contributed by atoms with Crippen LogP contribution in [-0.2, 0) is 37.9 Å². The summed E-state index contributed by atoms with van der Waals surface area (Å²) in [7, 11) is 0. The van der Waals surface area contributed by atoms with Gasteiger partial charge in [0.05, 0.1) is 5.69 Å². The standard InChI is InChI=1S/C67H79BN2O/c1-38-29-55-58-56(30-38)70(53-35-47-44(32-40(53)3)62(7,8)23-26-65(47,13)14)59-50(21-20-42-43-33-45-49(37-57(43)71-60(42)59)67(17,18)28-24-63(45,9)10)68(58)51-34-46-48(66(15,16)27-25-64(46,11)12)36-54(51)69(55)52-22-19-41(31-39(52)2)61(4,5)6/h19-22,29-37H,23-28H2,1-18H3. The van der Waals surface area contributed by atoms with E-state index < -0.39 is 0 Å². The van der Waals surface area contributed by atoms with Gasteiger partial charge in [-0.2, -0.15) is 0 Å². The Morgan fingerprint density at radius 3 is 1.46 bits per heavy atom. The Morgan fingerprint density at radius 2 is 0.915 bits per heavy atom. The van der Waals surface area contributed by atoms with E-state index >= 15 is 0 Å². The van der Waals surface area contributed by atoms with Gasteiger partial charge in [0.15, 0.2) is 5.58 Å². The third kappa shape index (κ3) is 6.66. The summed E-state index contributed by atoms with van der Waals surface area (Å²) in [6.45, 7) is 43.6. The molecule has 3 aliphatic carbocycles. The van der Waals surface area contributed by atoms with E-state index in [1.54, 1.807) is 0 Å². The first kappa shape index (κ1) is 46.8. The number of furan rings is 1. The molecule has 0 radical (unpaired) electrons. The van der Waals surface area contributed by atoms with Gasteiger partial charge in [0.2, 0.25) is 0 Å². The summed E-state index contributed by atoms with van der Waals surface area (Å²) < 4.78 is 7.57. The molecule has 0 fully saturated rings. The molecule has 2 aliphatic heterocycles. The van der Waals surface area contributed by atoms with Gasteiger partial charge in [0.25, 0.3) is 6.71 Å². The minimum absolute atomic E-state index is 0.0182. The number of benzene rings is 6. The Bertz CT molecular complexity index is 3470. The quantitative estimate of drug-likeness (QED) is 0.161. The molecule has 6 aromatic carbocycles. The lowest BCUT2D eigenvalue weighted by molar-refractivity contribution is 0.332. The fraction of sp³-hybridized carbons (Fsp3) is 0.463. The zero-order valence-electron chi connectivity index (χ0n) is 46.6. The minimum Gasteiger partial charge on any atom is -0.454 e. The summed E-state index contributed by atoms with van der Waals surface area (Å²) in [6.07, 6.45) is 7.03. The Kier molecular flexibility index (Phi) is 9.57. The van der Waals surface area contributed by atoms with Crippen LogP contribution >= 0.6 is 0 Å². The number of fused-ring (bicyclic) bond motifs is 11. The normalized spacial score (nSPS) is 20.5. The molecule has 0 saturated carbocycles. The van der Waals surface area contributed by atoms with Crippen LogP contribution < -0.4 is 26.2 Å². The van der Waals surface area contributed by atoms with Crippen molar-refractivity contribution in [3.63, 3.8) is 0 Å². The molecule has 0 saturated heterocycles. The van der Waals surface area contributed by atoms with Crippen molar-refractivity contribution >= 4 is 79.2 Å². The van der Waals surface area contributed by atoms with E-state index in [1.165, 1.54) is 149 Å². The molecule has 0 unspecified atom stereocenters. The van der Waals surface area contributed by atoms with Gasteiger partial charge in [0, 0.05) is 39.2 Å². The van der Waals surface area contributed by atoms with Gasteiger partial charge in [0.1, 0.15) is 5.58 Å². The van der Waals surface area contributed by atoms with Crippen LogP contribution in [0.2, 0.25) is 0 Å².